The maximum Gasteiger partial charge on any atom is 0.411 e. The van der Waals surface area contributed by atoms with E-state index in [0.717, 1.165) is 23.1 Å². The molecule has 7 heteroatoms. The molecule has 0 bridgehead atoms. The number of carbonyl (C=O) groups is 3. The topological polar surface area (TPSA) is 87.7 Å². The van der Waals surface area contributed by atoms with Crippen molar-refractivity contribution in [3.05, 3.63) is 101 Å². The van der Waals surface area contributed by atoms with Crippen molar-refractivity contribution < 1.29 is 19.1 Å². The van der Waals surface area contributed by atoms with Crippen LogP contribution in [-0.4, -0.2) is 34.9 Å². The Morgan fingerprint density at radius 3 is 2.27 bits per heavy atom. The standard InChI is InChI=1S/C30H33N3O4/c1-5-21(4)31-29(35)26-27(37-30(36)33(26)18-22-13-9-19(2)10-14-22)24-7-6-8-25(17-24)32-28(34)23-15-11-20(3)12-16-23/h6-17,21,26-27H,5,18H2,1-4H3,(H,31,35)(H,32,34)/t21-,26-,27+/m0/s1. The zero-order chi connectivity index (χ0) is 26.5. The van der Waals surface area contributed by atoms with Crippen molar-refractivity contribution in [3.63, 3.8) is 0 Å². The number of hydrogen-bond donors (Lipinski definition) is 2. The largest absolute Gasteiger partial charge is 0.438 e. The second-order valence-electron chi connectivity index (χ2n) is 9.63. The number of amides is 3. The van der Waals surface area contributed by atoms with E-state index in [2.05, 4.69) is 10.6 Å². The van der Waals surface area contributed by atoms with Crippen molar-refractivity contribution in [2.24, 2.45) is 0 Å². The molecule has 0 radical (unpaired) electrons. The molecule has 3 aromatic rings. The lowest BCUT2D eigenvalue weighted by molar-refractivity contribution is -0.127. The Morgan fingerprint density at radius 2 is 1.62 bits per heavy atom. The van der Waals surface area contributed by atoms with E-state index in [-0.39, 0.29) is 24.4 Å². The number of carbonyl (C=O) groups excluding carboxylic acids is 3. The van der Waals surface area contributed by atoms with Crippen LogP contribution in [0.3, 0.4) is 0 Å². The number of hydrogen-bond acceptors (Lipinski definition) is 4. The van der Waals surface area contributed by atoms with Gasteiger partial charge in [0, 0.05) is 17.3 Å². The van der Waals surface area contributed by atoms with E-state index < -0.39 is 18.2 Å². The van der Waals surface area contributed by atoms with Crippen LogP contribution in [0.2, 0.25) is 0 Å². The molecule has 1 aliphatic heterocycles. The SMILES string of the molecule is CC[C@H](C)NC(=O)[C@@H]1[C@@H](c2cccc(NC(=O)c3ccc(C)cc3)c2)OC(=O)N1Cc1ccc(C)cc1. The third-order valence-corrected chi connectivity index (χ3v) is 6.61. The van der Waals surface area contributed by atoms with Crippen molar-refractivity contribution in [1.29, 1.82) is 0 Å². The van der Waals surface area contributed by atoms with Crippen LogP contribution in [0.4, 0.5) is 10.5 Å². The van der Waals surface area contributed by atoms with Crippen molar-refractivity contribution in [3.8, 4) is 0 Å². The number of anilines is 1. The van der Waals surface area contributed by atoms with Crippen LogP contribution >= 0.6 is 0 Å². The lowest BCUT2D eigenvalue weighted by Crippen LogP contribution is -2.48. The zero-order valence-electron chi connectivity index (χ0n) is 21.7. The summed E-state index contributed by atoms with van der Waals surface area (Å²) in [5, 5.41) is 5.91. The molecule has 0 unspecified atom stereocenters. The summed E-state index contributed by atoms with van der Waals surface area (Å²) in [6.07, 6.45) is -0.613. The molecule has 0 spiro atoms. The molecule has 7 nitrogen and oxygen atoms in total. The van der Waals surface area contributed by atoms with Crippen LogP contribution in [0.1, 0.15) is 59.0 Å². The predicted molar refractivity (Wildman–Crippen MR) is 143 cm³/mol. The number of nitrogens with zero attached hydrogens (tertiary/aromatic N) is 1. The van der Waals surface area contributed by atoms with Gasteiger partial charge < -0.3 is 15.4 Å². The molecule has 1 saturated heterocycles. The van der Waals surface area contributed by atoms with Gasteiger partial charge in [-0.1, -0.05) is 66.6 Å². The maximum atomic E-state index is 13.4. The first-order chi connectivity index (χ1) is 17.7. The molecule has 0 aromatic heterocycles. The molecule has 0 aliphatic carbocycles. The fourth-order valence-corrected chi connectivity index (χ4v) is 4.23. The summed E-state index contributed by atoms with van der Waals surface area (Å²) in [7, 11) is 0. The van der Waals surface area contributed by atoms with E-state index in [0.29, 0.717) is 16.8 Å². The fraction of sp³-hybridized carbons (Fsp3) is 0.300. The van der Waals surface area contributed by atoms with Crippen LogP contribution < -0.4 is 10.6 Å². The highest BCUT2D eigenvalue weighted by Crippen LogP contribution is 2.35. The van der Waals surface area contributed by atoms with E-state index in [1.165, 1.54) is 4.90 Å². The summed E-state index contributed by atoms with van der Waals surface area (Å²) in [5.41, 5.74) is 4.81. The first-order valence-electron chi connectivity index (χ1n) is 12.6. The zero-order valence-corrected chi connectivity index (χ0v) is 21.7. The lowest BCUT2D eigenvalue weighted by atomic mass is 9.99. The van der Waals surface area contributed by atoms with Gasteiger partial charge in [0.15, 0.2) is 12.1 Å². The molecule has 1 heterocycles. The second-order valence-corrected chi connectivity index (χ2v) is 9.63. The summed E-state index contributed by atoms with van der Waals surface area (Å²) in [6, 6.07) is 21.3. The molecular weight excluding hydrogens is 466 g/mol. The number of ether oxygens (including phenoxy) is 1. The minimum atomic E-state index is -0.856. The Morgan fingerprint density at radius 1 is 0.973 bits per heavy atom. The minimum Gasteiger partial charge on any atom is -0.438 e. The number of aryl methyl sites for hydroxylation is 2. The molecule has 3 aromatic carbocycles. The monoisotopic (exact) mass is 499 g/mol. The van der Waals surface area contributed by atoms with Crippen molar-refractivity contribution in [2.75, 3.05) is 5.32 Å². The lowest BCUT2D eigenvalue weighted by Gasteiger charge is -2.26. The van der Waals surface area contributed by atoms with Crippen LogP contribution in [0.5, 0.6) is 0 Å². The van der Waals surface area contributed by atoms with Gasteiger partial charge in [0.1, 0.15) is 0 Å². The summed E-state index contributed by atoms with van der Waals surface area (Å²) < 4.78 is 5.78. The molecule has 192 valence electrons. The van der Waals surface area contributed by atoms with E-state index in [4.69, 9.17) is 4.74 Å². The molecule has 4 rings (SSSR count). The van der Waals surface area contributed by atoms with E-state index in [9.17, 15) is 14.4 Å². The molecule has 3 amide bonds. The summed E-state index contributed by atoms with van der Waals surface area (Å²) in [6.45, 7) is 8.12. The minimum absolute atomic E-state index is 0.0507. The van der Waals surface area contributed by atoms with Gasteiger partial charge >= 0.3 is 6.09 Å². The van der Waals surface area contributed by atoms with E-state index >= 15 is 0 Å². The summed E-state index contributed by atoms with van der Waals surface area (Å²) >= 11 is 0. The average Bonchev–Trinajstić information content (AvgIpc) is 3.21. The van der Waals surface area contributed by atoms with Crippen LogP contribution in [0.15, 0.2) is 72.8 Å². The quantitative estimate of drug-likeness (QED) is 0.426. The van der Waals surface area contributed by atoms with Gasteiger partial charge in [-0.25, -0.2) is 4.79 Å². The Balaban J connectivity index is 1.60. The van der Waals surface area contributed by atoms with Gasteiger partial charge in [0.2, 0.25) is 5.91 Å². The predicted octanol–water partition coefficient (Wildman–Crippen LogP) is 5.53. The Bertz CT molecular complexity index is 1270. The van der Waals surface area contributed by atoms with E-state index in [1.807, 2.05) is 64.1 Å². The highest BCUT2D eigenvalue weighted by molar-refractivity contribution is 6.04. The average molecular weight is 500 g/mol. The van der Waals surface area contributed by atoms with Gasteiger partial charge in [-0.05, 0) is 62.6 Å². The van der Waals surface area contributed by atoms with Crippen LogP contribution in [0, 0.1) is 13.8 Å². The van der Waals surface area contributed by atoms with Gasteiger partial charge in [-0.15, -0.1) is 0 Å². The maximum absolute atomic E-state index is 13.4. The first-order valence-corrected chi connectivity index (χ1v) is 12.6. The molecule has 1 aliphatic rings. The molecule has 37 heavy (non-hydrogen) atoms. The normalized spacial score (nSPS) is 17.7. The Labute approximate surface area is 217 Å². The molecule has 0 saturated carbocycles. The second kappa shape index (κ2) is 11.3. The third kappa shape index (κ3) is 6.17. The summed E-state index contributed by atoms with van der Waals surface area (Å²) in [4.78, 5) is 40.7. The van der Waals surface area contributed by atoms with Crippen molar-refractivity contribution in [2.45, 2.75) is 58.8 Å². The van der Waals surface area contributed by atoms with Gasteiger partial charge in [-0.2, -0.15) is 0 Å². The highest BCUT2D eigenvalue weighted by atomic mass is 16.6. The van der Waals surface area contributed by atoms with E-state index in [1.54, 1.807) is 36.4 Å². The van der Waals surface area contributed by atoms with Gasteiger partial charge in [-0.3, -0.25) is 14.5 Å². The Kier molecular flexibility index (Phi) is 7.92. The number of rotatable bonds is 8. The first kappa shape index (κ1) is 25.9. The fourth-order valence-electron chi connectivity index (χ4n) is 4.23. The Hall–Kier alpha value is -4.13. The number of benzene rings is 3. The number of cyclic esters (lactones) is 1. The molecule has 2 N–H and O–H groups in total. The van der Waals surface area contributed by atoms with Gasteiger partial charge in [0.05, 0.1) is 6.54 Å². The highest BCUT2D eigenvalue weighted by Gasteiger charge is 2.47. The third-order valence-electron chi connectivity index (χ3n) is 6.61. The molecule has 1 fully saturated rings. The molecular formula is C30H33N3O4. The van der Waals surface area contributed by atoms with Crippen LogP contribution in [-0.2, 0) is 16.1 Å². The van der Waals surface area contributed by atoms with Crippen molar-refractivity contribution >= 4 is 23.6 Å². The number of nitrogens with one attached hydrogen (secondary N) is 2. The van der Waals surface area contributed by atoms with Gasteiger partial charge in [0.25, 0.3) is 5.91 Å². The summed E-state index contributed by atoms with van der Waals surface area (Å²) in [5.74, 6) is -0.515. The smallest absolute Gasteiger partial charge is 0.411 e. The molecule has 3 atom stereocenters. The van der Waals surface area contributed by atoms with Crippen molar-refractivity contribution in [1.82, 2.24) is 10.2 Å². The van der Waals surface area contributed by atoms with Crippen LogP contribution in [0.25, 0.3) is 0 Å².